The Hall–Kier alpha value is -2.39. The van der Waals surface area contributed by atoms with Crippen LogP contribution >= 0.6 is 0 Å². The van der Waals surface area contributed by atoms with E-state index in [0.717, 1.165) is 49.1 Å². The fraction of sp³-hybridized carbons (Fsp3) is 0.500. The third kappa shape index (κ3) is 3.74. The van der Waals surface area contributed by atoms with Crippen LogP contribution in [0.2, 0.25) is 0 Å². The minimum Gasteiger partial charge on any atom is -0.296 e. The number of amides is 1. The lowest BCUT2D eigenvalue weighted by atomic mass is 10.0. The smallest absolute Gasteiger partial charge is 0.243 e. The Labute approximate surface area is 181 Å². The summed E-state index contributed by atoms with van der Waals surface area (Å²) in [6.45, 7) is 2.89. The van der Waals surface area contributed by atoms with Gasteiger partial charge in [0.15, 0.2) is 0 Å². The van der Waals surface area contributed by atoms with E-state index in [1.807, 2.05) is 6.92 Å². The molecule has 0 spiro atoms. The molecule has 0 bridgehead atoms. The lowest BCUT2D eigenvalue weighted by Crippen LogP contribution is -2.39. The molecule has 1 amide bonds. The molecule has 2 aliphatic heterocycles. The number of aryl methyl sites for hydroxylation is 1. The van der Waals surface area contributed by atoms with Crippen molar-refractivity contribution in [2.45, 2.75) is 56.4 Å². The minimum atomic E-state index is -3.83. The average molecular weight is 445 g/mol. The summed E-state index contributed by atoms with van der Waals surface area (Å²) < 4.78 is 41.5. The van der Waals surface area contributed by atoms with Crippen molar-refractivity contribution in [3.63, 3.8) is 0 Å². The molecule has 0 radical (unpaired) electrons. The third-order valence-corrected chi connectivity index (χ3v) is 8.33. The first kappa shape index (κ1) is 20.5. The number of hydrogen-bond donors (Lipinski definition) is 0. The molecular weight excluding hydrogens is 419 g/mol. The summed E-state index contributed by atoms with van der Waals surface area (Å²) in [6.07, 6.45) is 4.77. The number of carbonyl (C=O) groups is 1. The standard InChI is InChI=1S/C22H25FN4O3S/c1-14-18-12-20(28)26(13-15-5-6-15)22(18)25-21(24-14)19-4-2-3-11-27(19)31(29,30)17-9-7-16(23)8-10-17/h7-10,15,19H,2-6,11-13H2,1H3/t19-/m1/s1. The van der Waals surface area contributed by atoms with Gasteiger partial charge in [0.05, 0.1) is 17.4 Å². The molecule has 1 aliphatic carbocycles. The van der Waals surface area contributed by atoms with Crippen LogP contribution in [0.5, 0.6) is 0 Å². The van der Waals surface area contributed by atoms with E-state index in [1.54, 1.807) is 4.90 Å². The maximum absolute atomic E-state index is 13.4. The quantitative estimate of drug-likeness (QED) is 0.708. The SMILES string of the molecule is Cc1nc([C@H]2CCCCN2S(=O)(=O)c2ccc(F)cc2)nc2c1CC(=O)N2CC1CC1. The van der Waals surface area contributed by atoms with E-state index < -0.39 is 21.9 Å². The van der Waals surface area contributed by atoms with Gasteiger partial charge in [-0.3, -0.25) is 9.69 Å². The fourth-order valence-electron chi connectivity index (χ4n) is 4.49. The second-order valence-electron chi connectivity index (χ2n) is 8.68. The topological polar surface area (TPSA) is 83.5 Å². The molecule has 31 heavy (non-hydrogen) atoms. The monoisotopic (exact) mass is 444 g/mol. The highest BCUT2D eigenvalue weighted by Crippen LogP contribution is 2.39. The number of nitrogens with zero attached hydrogens (tertiary/aromatic N) is 4. The zero-order valence-electron chi connectivity index (χ0n) is 17.4. The average Bonchev–Trinajstić information content (AvgIpc) is 3.52. The van der Waals surface area contributed by atoms with Crippen molar-refractivity contribution in [3.05, 3.63) is 47.2 Å². The van der Waals surface area contributed by atoms with Crippen LogP contribution in [0.25, 0.3) is 0 Å². The first-order valence-electron chi connectivity index (χ1n) is 10.8. The molecule has 7 nitrogen and oxygen atoms in total. The van der Waals surface area contributed by atoms with E-state index in [-0.39, 0.29) is 10.8 Å². The molecule has 3 aliphatic rings. The molecule has 3 heterocycles. The molecule has 0 N–H and O–H groups in total. The Balaban J connectivity index is 1.52. The predicted molar refractivity (Wildman–Crippen MR) is 112 cm³/mol. The summed E-state index contributed by atoms with van der Waals surface area (Å²) in [5.74, 6) is 1.17. The van der Waals surface area contributed by atoms with E-state index in [2.05, 4.69) is 4.98 Å². The number of halogens is 1. The van der Waals surface area contributed by atoms with Gasteiger partial charge in [-0.05, 0) is 62.8 Å². The van der Waals surface area contributed by atoms with Gasteiger partial charge in [0.2, 0.25) is 15.9 Å². The summed E-state index contributed by atoms with van der Waals surface area (Å²) in [5, 5.41) is 0. The highest BCUT2D eigenvalue weighted by atomic mass is 32.2. The van der Waals surface area contributed by atoms with Crippen LogP contribution in [0.15, 0.2) is 29.2 Å². The first-order chi connectivity index (χ1) is 14.8. The largest absolute Gasteiger partial charge is 0.296 e. The predicted octanol–water partition coefficient (Wildman–Crippen LogP) is 3.14. The number of piperidine rings is 1. The van der Waals surface area contributed by atoms with Crippen LogP contribution in [-0.4, -0.2) is 41.7 Å². The minimum absolute atomic E-state index is 0.0379. The molecule has 1 aromatic carbocycles. The van der Waals surface area contributed by atoms with E-state index in [9.17, 15) is 17.6 Å². The van der Waals surface area contributed by atoms with Crippen molar-refractivity contribution in [1.29, 1.82) is 0 Å². The maximum atomic E-state index is 13.4. The summed E-state index contributed by atoms with van der Waals surface area (Å²) in [5.41, 5.74) is 1.58. The van der Waals surface area contributed by atoms with Crippen molar-refractivity contribution in [2.75, 3.05) is 18.0 Å². The summed E-state index contributed by atoms with van der Waals surface area (Å²) in [6, 6.07) is 4.39. The maximum Gasteiger partial charge on any atom is 0.243 e. The lowest BCUT2D eigenvalue weighted by Gasteiger charge is -2.34. The fourth-order valence-corrected chi connectivity index (χ4v) is 6.14. The number of fused-ring (bicyclic) bond motifs is 1. The van der Waals surface area contributed by atoms with Crippen LogP contribution in [-0.2, 0) is 21.2 Å². The van der Waals surface area contributed by atoms with Gasteiger partial charge in [-0.1, -0.05) is 6.42 Å². The second kappa shape index (κ2) is 7.63. The van der Waals surface area contributed by atoms with Crippen molar-refractivity contribution < 1.29 is 17.6 Å². The van der Waals surface area contributed by atoms with E-state index in [4.69, 9.17) is 4.98 Å². The van der Waals surface area contributed by atoms with Gasteiger partial charge in [-0.25, -0.2) is 22.8 Å². The molecule has 5 rings (SSSR count). The van der Waals surface area contributed by atoms with Crippen molar-refractivity contribution in [2.24, 2.45) is 5.92 Å². The molecule has 1 saturated heterocycles. The van der Waals surface area contributed by atoms with Crippen LogP contribution in [0.4, 0.5) is 10.2 Å². The van der Waals surface area contributed by atoms with Crippen LogP contribution in [0.3, 0.4) is 0 Å². The van der Waals surface area contributed by atoms with Gasteiger partial charge in [0.1, 0.15) is 17.5 Å². The Bertz CT molecular complexity index is 1130. The van der Waals surface area contributed by atoms with Gasteiger partial charge >= 0.3 is 0 Å². The number of sulfonamides is 1. The third-order valence-electron chi connectivity index (χ3n) is 6.40. The number of anilines is 1. The first-order valence-corrected chi connectivity index (χ1v) is 12.2. The van der Waals surface area contributed by atoms with E-state index >= 15 is 0 Å². The molecule has 0 unspecified atom stereocenters. The normalized spacial score (nSPS) is 22.1. The zero-order chi connectivity index (χ0) is 21.8. The summed E-state index contributed by atoms with van der Waals surface area (Å²) >= 11 is 0. The summed E-state index contributed by atoms with van der Waals surface area (Å²) in [4.78, 5) is 23.8. The van der Waals surface area contributed by atoms with Gasteiger partial charge in [-0.2, -0.15) is 4.31 Å². The van der Waals surface area contributed by atoms with Crippen molar-refractivity contribution in [3.8, 4) is 0 Å². The van der Waals surface area contributed by atoms with Gasteiger partial charge in [0, 0.05) is 24.3 Å². The Kier molecular flexibility index (Phi) is 5.05. The van der Waals surface area contributed by atoms with Crippen molar-refractivity contribution >= 4 is 21.7 Å². The zero-order valence-corrected chi connectivity index (χ0v) is 18.2. The second-order valence-corrected chi connectivity index (χ2v) is 10.6. The van der Waals surface area contributed by atoms with Crippen molar-refractivity contribution in [1.82, 2.24) is 14.3 Å². The van der Waals surface area contributed by atoms with E-state index in [0.29, 0.717) is 43.5 Å². The molecule has 1 aromatic heterocycles. The Morgan fingerprint density at radius 1 is 1.10 bits per heavy atom. The highest BCUT2D eigenvalue weighted by Gasteiger charge is 2.39. The van der Waals surface area contributed by atoms with E-state index in [1.165, 1.54) is 16.4 Å². The highest BCUT2D eigenvalue weighted by molar-refractivity contribution is 7.89. The van der Waals surface area contributed by atoms with Gasteiger partial charge in [0.25, 0.3) is 0 Å². The molecular formula is C22H25FN4O3S. The van der Waals surface area contributed by atoms with Crippen LogP contribution in [0, 0.1) is 18.7 Å². The molecule has 1 saturated carbocycles. The summed E-state index contributed by atoms with van der Waals surface area (Å²) in [7, 11) is -3.83. The van der Waals surface area contributed by atoms with Gasteiger partial charge in [-0.15, -0.1) is 0 Å². The number of benzene rings is 1. The molecule has 9 heteroatoms. The Morgan fingerprint density at radius 3 is 2.55 bits per heavy atom. The molecule has 164 valence electrons. The van der Waals surface area contributed by atoms with Crippen LogP contribution < -0.4 is 4.90 Å². The lowest BCUT2D eigenvalue weighted by molar-refractivity contribution is -0.117. The van der Waals surface area contributed by atoms with Gasteiger partial charge < -0.3 is 0 Å². The number of aromatic nitrogens is 2. The molecule has 1 atom stereocenters. The Morgan fingerprint density at radius 2 is 1.84 bits per heavy atom. The number of rotatable bonds is 5. The molecule has 2 aromatic rings. The molecule has 2 fully saturated rings. The number of hydrogen-bond acceptors (Lipinski definition) is 5. The van der Waals surface area contributed by atoms with Crippen LogP contribution in [0.1, 0.15) is 55.2 Å². The number of carbonyl (C=O) groups excluding carboxylic acids is 1.